The first-order valence-corrected chi connectivity index (χ1v) is 13.6. The number of nitrogens with one attached hydrogen (secondary N) is 1. The van der Waals surface area contributed by atoms with Gasteiger partial charge in [-0.15, -0.1) is 0 Å². The first-order chi connectivity index (χ1) is 18.7. The van der Waals surface area contributed by atoms with E-state index in [1.807, 2.05) is 12.1 Å². The maximum atomic E-state index is 13.4. The van der Waals surface area contributed by atoms with Crippen LogP contribution < -0.4 is 10.2 Å². The van der Waals surface area contributed by atoms with Crippen molar-refractivity contribution in [1.29, 1.82) is 0 Å². The van der Waals surface area contributed by atoms with Gasteiger partial charge in [-0.05, 0) is 56.9 Å². The number of nitrogens with zero attached hydrogens (tertiary/aromatic N) is 6. The minimum Gasteiger partial charge on any atom is -0.393 e. The summed E-state index contributed by atoms with van der Waals surface area (Å²) in [4.78, 5) is 37.5. The van der Waals surface area contributed by atoms with Gasteiger partial charge in [-0.25, -0.2) is 9.50 Å². The topological polar surface area (TPSA) is 127 Å². The van der Waals surface area contributed by atoms with Crippen molar-refractivity contribution >= 4 is 28.8 Å². The molecule has 0 atom stereocenters. The molecule has 2 fully saturated rings. The normalized spacial score (nSPS) is 21.8. The summed E-state index contributed by atoms with van der Waals surface area (Å²) in [6, 6.07) is 6.01. The van der Waals surface area contributed by atoms with E-state index in [9.17, 15) is 19.8 Å². The number of carbonyl (C=O) groups is 2. The van der Waals surface area contributed by atoms with E-state index in [-0.39, 0.29) is 17.9 Å². The molecule has 6 rings (SSSR count). The Balaban J connectivity index is 1.28. The molecule has 2 amide bonds. The Hall–Kier alpha value is -3.54. The number of amides is 2. The van der Waals surface area contributed by atoms with Gasteiger partial charge in [0.05, 0.1) is 29.3 Å². The molecule has 2 aliphatic heterocycles. The van der Waals surface area contributed by atoms with Gasteiger partial charge >= 0.3 is 0 Å². The van der Waals surface area contributed by atoms with E-state index in [2.05, 4.69) is 25.2 Å². The number of benzene rings is 1. The van der Waals surface area contributed by atoms with Crippen molar-refractivity contribution < 1.29 is 19.8 Å². The smallest absolute Gasteiger partial charge is 0.261 e. The van der Waals surface area contributed by atoms with Gasteiger partial charge in [-0.1, -0.05) is 0 Å². The summed E-state index contributed by atoms with van der Waals surface area (Å²) in [6.45, 7) is 7.58. The molecule has 1 saturated heterocycles. The third kappa shape index (κ3) is 5.09. The van der Waals surface area contributed by atoms with E-state index in [0.717, 1.165) is 50.3 Å². The molecular weight excluding hydrogens is 498 g/mol. The van der Waals surface area contributed by atoms with Gasteiger partial charge < -0.3 is 25.3 Å². The highest BCUT2D eigenvalue weighted by Gasteiger charge is 2.35. The number of hydrogen-bond donors (Lipinski definition) is 3. The number of piperazine rings is 1. The third-order valence-corrected chi connectivity index (χ3v) is 8.13. The lowest BCUT2D eigenvalue weighted by Crippen LogP contribution is -2.55. The van der Waals surface area contributed by atoms with E-state index in [1.54, 1.807) is 41.7 Å². The fraction of sp³-hybridized carbons (Fsp3) is 0.500. The number of aliphatic hydroxyl groups is 2. The highest BCUT2D eigenvalue weighted by molar-refractivity contribution is 6.10. The van der Waals surface area contributed by atoms with Crippen molar-refractivity contribution in [3.63, 3.8) is 0 Å². The molecule has 3 N–H and O–H groups in total. The fourth-order valence-corrected chi connectivity index (χ4v) is 5.72. The number of fused-ring (bicyclic) bond motifs is 2. The SMILES string of the molecule is CC(C)(O)CCN1Cc2cc(NC(=O)c3cnn4cccnc34)c(N3CCN(C4CC(O)C4)CC3)cc2C1=O. The van der Waals surface area contributed by atoms with Crippen LogP contribution in [0, 0.1) is 0 Å². The summed E-state index contributed by atoms with van der Waals surface area (Å²) < 4.78 is 1.56. The molecule has 1 saturated carbocycles. The average molecular weight is 534 g/mol. The minimum absolute atomic E-state index is 0.0534. The van der Waals surface area contributed by atoms with Crippen LogP contribution in [0.5, 0.6) is 0 Å². The molecule has 2 aromatic heterocycles. The first-order valence-electron chi connectivity index (χ1n) is 13.6. The number of rotatable bonds is 7. The summed E-state index contributed by atoms with van der Waals surface area (Å²) in [5, 5.41) is 27.2. The Bertz CT molecular complexity index is 1400. The molecule has 1 aliphatic carbocycles. The molecule has 3 aromatic rings. The van der Waals surface area contributed by atoms with Crippen LogP contribution in [-0.2, 0) is 6.54 Å². The van der Waals surface area contributed by atoms with Crippen molar-refractivity contribution in [2.45, 2.75) is 57.4 Å². The molecule has 3 aliphatic rings. The van der Waals surface area contributed by atoms with Crippen LogP contribution in [0.4, 0.5) is 11.4 Å². The Labute approximate surface area is 227 Å². The summed E-state index contributed by atoms with van der Waals surface area (Å²) in [6.07, 6.45) is 6.82. The lowest BCUT2D eigenvalue weighted by Gasteiger charge is -2.45. The summed E-state index contributed by atoms with van der Waals surface area (Å²) >= 11 is 0. The first kappa shape index (κ1) is 25.7. The Morgan fingerprint density at radius 1 is 1.18 bits per heavy atom. The third-order valence-electron chi connectivity index (χ3n) is 8.13. The van der Waals surface area contributed by atoms with Gasteiger partial charge in [0, 0.05) is 63.3 Å². The maximum absolute atomic E-state index is 13.4. The Morgan fingerprint density at radius 2 is 1.95 bits per heavy atom. The molecule has 0 radical (unpaired) electrons. The number of anilines is 2. The van der Waals surface area contributed by atoms with Crippen LogP contribution >= 0.6 is 0 Å². The van der Waals surface area contributed by atoms with Crippen LogP contribution in [0.3, 0.4) is 0 Å². The van der Waals surface area contributed by atoms with Crippen LogP contribution in [0.15, 0.2) is 36.8 Å². The van der Waals surface area contributed by atoms with Crippen LogP contribution in [0.2, 0.25) is 0 Å². The average Bonchev–Trinajstić information content (AvgIpc) is 3.46. The highest BCUT2D eigenvalue weighted by Crippen LogP contribution is 2.36. The van der Waals surface area contributed by atoms with Crippen molar-refractivity contribution in [1.82, 2.24) is 24.4 Å². The van der Waals surface area contributed by atoms with Crippen LogP contribution in [0.25, 0.3) is 5.65 Å². The van der Waals surface area contributed by atoms with Crippen LogP contribution in [0.1, 0.15) is 59.4 Å². The van der Waals surface area contributed by atoms with E-state index in [1.165, 1.54) is 6.20 Å². The predicted octanol–water partition coefficient (Wildman–Crippen LogP) is 1.74. The van der Waals surface area contributed by atoms with Gasteiger partial charge in [0.25, 0.3) is 11.8 Å². The lowest BCUT2D eigenvalue weighted by molar-refractivity contribution is -0.000356. The molecule has 4 heterocycles. The standard InChI is InChI=1S/C28H35N7O4/c1-28(2,39)4-7-34-17-18-12-23(31-26(37)22-16-30-35-6-3-5-29-25(22)35)24(15-21(18)27(34)38)33-10-8-32(9-11-33)19-13-20(36)14-19/h3,5-6,12,15-16,19-20,36,39H,4,7-11,13-14,17H2,1-2H3,(H,31,37). The molecule has 11 heteroatoms. The van der Waals surface area contributed by atoms with Crippen molar-refractivity contribution in [3.8, 4) is 0 Å². The highest BCUT2D eigenvalue weighted by atomic mass is 16.3. The van der Waals surface area contributed by atoms with Gasteiger partial charge in [0.2, 0.25) is 0 Å². The minimum atomic E-state index is -0.863. The monoisotopic (exact) mass is 533 g/mol. The van der Waals surface area contributed by atoms with E-state index >= 15 is 0 Å². The molecule has 0 unspecified atom stereocenters. The van der Waals surface area contributed by atoms with Gasteiger partial charge in [0.1, 0.15) is 5.56 Å². The zero-order chi connectivity index (χ0) is 27.3. The van der Waals surface area contributed by atoms with Crippen molar-refractivity contribution in [3.05, 3.63) is 53.5 Å². The van der Waals surface area contributed by atoms with Crippen LogP contribution in [-0.4, -0.2) is 96.9 Å². The molecule has 206 valence electrons. The summed E-state index contributed by atoms with van der Waals surface area (Å²) in [5.41, 5.74) is 2.95. The van der Waals surface area contributed by atoms with Crippen molar-refractivity contribution in [2.24, 2.45) is 0 Å². The second-order valence-electron chi connectivity index (χ2n) is 11.5. The lowest BCUT2D eigenvalue weighted by atomic mass is 9.87. The molecular formula is C28H35N7O4. The molecule has 11 nitrogen and oxygen atoms in total. The summed E-state index contributed by atoms with van der Waals surface area (Å²) in [5.74, 6) is -0.363. The maximum Gasteiger partial charge on any atom is 0.261 e. The molecule has 0 bridgehead atoms. The predicted molar refractivity (Wildman–Crippen MR) is 146 cm³/mol. The zero-order valence-corrected chi connectivity index (χ0v) is 22.4. The number of aromatic nitrogens is 3. The summed E-state index contributed by atoms with van der Waals surface area (Å²) in [7, 11) is 0. The second kappa shape index (κ2) is 9.89. The number of carbonyl (C=O) groups excluding carboxylic acids is 2. The molecule has 0 spiro atoms. The largest absolute Gasteiger partial charge is 0.393 e. The number of hydrogen-bond acceptors (Lipinski definition) is 8. The molecule has 39 heavy (non-hydrogen) atoms. The molecule has 1 aromatic carbocycles. The Kier molecular flexibility index (Phi) is 6.52. The second-order valence-corrected chi connectivity index (χ2v) is 11.5. The van der Waals surface area contributed by atoms with Gasteiger partial charge in [-0.2, -0.15) is 5.10 Å². The van der Waals surface area contributed by atoms with Crippen molar-refractivity contribution in [2.75, 3.05) is 42.9 Å². The van der Waals surface area contributed by atoms with E-state index in [0.29, 0.717) is 48.0 Å². The Morgan fingerprint density at radius 3 is 2.67 bits per heavy atom. The zero-order valence-electron chi connectivity index (χ0n) is 22.4. The number of aliphatic hydroxyl groups excluding tert-OH is 1. The van der Waals surface area contributed by atoms with Gasteiger partial charge in [-0.3, -0.25) is 14.5 Å². The fourth-order valence-electron chi connectivity index (χ4n) is 5.72. The quantitative estimate of drug-likeness (QED) is 0.419. The van der Waals surface area contributed by atoms with Gasteiger partial charge in [0.15, 0.2) is 5.65 Å². The van der Waals surface area contributed by atoms with E-state index in [4.69, 9.17) is 0 Å². The van der Waals surface area contributed by atoms with E-state index < -0.39 is 5.60 Å².